The summed E-state index contributed by atoms with van der Waals surface area (Å²) in [5.74, 6) is 0.940. The average Bonchev–Trinajstić information content (AvgIpc) is 3.14. The first kappa shape index (κ1) is 20.6. The first-order chi connectivity index (χ1) is 13.8. The van der Waals surface area contributed by atoms with Crippen LogP contribution in [0.5, 0.6) is 5.75 Å². The predicted molar refractivity (Wildman–Crippen MR) is 122 cm³/mol. The third-order valence-corrected chi connectivity index (χ3v) is 5.58. The van der Waals surface area contributed by atoms with Gasteiger partial charge >= 0.3 is 0 Å². The van der Waals surface area contributed by atoms with Gasteiger partial charge in [0.2, 0.25) is 0 Å². The molecule has 0 atom stereocenters. The quantitative estimate of drug-likeness (QED) is 0.354. The van der Waals surface area contributed by atoms with Crippen molar-refractivity contribution in [3.05, 3.63) is 59.1 Å². The number of aromatic nitrogens is 1. The van der Waals surface area contributed by atoms with Crippen LogP contribution in [0.25, 0.3) is 22.4 Å². The van der Waals surface area contributed by atoms with Gasteiger partial charge in [0.1, 0.15) is 10.8 Å². The highest BCUT2D eigenvalue weighted by molar-refractivity contribution is 7.19. The monoisotopic (exact) mass is 394 g/mol. The smallest absolute Gasteiger partial charge is 0.119 e. The van der Waals surface area contributed by atoms with Crippen LogP contribution in [-0.2, 0) is 0 Å². The van der Waals surface area contributed by atoms with Crippen LogP contribution in [0.2, 0.25) is 0 Å². The SMILES string of the molecule is CCCN(CCC)CCCOc1ccc(C=Cc2nc3ccccc3s2)cc1. The van der Waals surface area contributed by atoms with E-state index in [1.54, 1.807) is 11.3 Å². The van der Waals surface area contributed by atoms with Crippen molar-refractivity contribution in [2.75, 3.05) is 26.2 Å². The Hall–Kier alpha value is -2.17. The minimum Gasteiger partial charge on any atom is -0.494 e. The van der Waals surface area contributed by atoms with Crippen LogP contribution < -0.4 is 4.74 Å². The summed E-state index contributed by atoms with van der Waals surface area (Å²) in [4.78, 5) is 7.17. The molecule has 0 N–H and O–H groups in total. The van der Waals surface area contributed by atoms with Crippen LogP contribution in [0.1, 0.15) is 43.7 Å². The van der Waals surface area contributed by atoms with Crippen molar-refractivity contribution in [2.24, 2.45) is 0 Å². The minimum absolute atomic E-state index is 0.769. The molecule has 3 nitrogen and oxygen atoms in total. The molecule has 1 heterocycles. The number of fused-ring (bicyclic) bond motifs is 1. The van der Waals surface area contributed by atoms with Crippen LogP contribution in [0, 0.1) is 0 Å². The van der Waals surface area contributed by atoms with E-state index in [0.29, 0.717) is 0 Å². The molecule has 2 aromatic carbocycles. The summed E-state index contributed by atoms with van der Waals surface area (Å²) in [5, 5.41) is 1.03. The number of hydrogen-bond acceptors (Lipinski definition) is 4. The molecule has 1 aromatic heterocycles. The van der Waals surface area contributed by atoms with E-state index in [4.69, 9.17) is 4.74 Å². The van der Waals surface area contributed by atoms with E-state index in [1.165, 1.54) is 30.6 Å². The van der Waals surface area contributed by atoms with Gasteiger partial charge in [0.05, 0.1) is 16.8 Å². The molecule has 3 rings (SSSR count). The molecule has 0 saturated heterocycles. The average molecular weight is 395 g/mol. The second kappa shape index (κ2) is 11.0. The Balaban J connectivity index is 1.46. The Morgan fingerprint density at radius 2 is 1.68 bits per heavy atom. The van der Waals surface area contributed by atoms with E-state index in [1.807, 2.05) is 18.2 Å². The molecule has 0 fully saturated rings. The Bertz CT molecular complexity index is 831. The lowest BCUT2D eigenvalue weighted by Crippen LogP contribution is -2.27. The zero-order valence-electron chi connectivity index (χ0n) is 16.9. The van der Waals surface area contributed by atoms with Crippen molar-refractivity contribution in [3.63, 3.8) is 0 Å². The molecule has 0 saturated carbocycles. The Kier molecular flexibility index (Phi) is 8.07. The van der Waals surface area contributed by atoms with E-state index in [-0.39, 0.29) is 0 Å². The Morgan fingerprint density at radius 1 is 0.929 bits per heavy atom. The van der Waals surface area contributed by atoms with Crippen LogP contribution in [-0.4, -0.2) is 36.1 Å². The van der Waals surface area contributed by atoms with Crippen molar-refractivity contribution in [1.29, 1.82) is 0 Å². The van der Waals surface area contributed by atoms with E-state index >= 15 is 0 Å². The number of para-hydroxylation sites is 1. The van der Waals surface area contributed by atoms with Crippen molar-refractivity contribution < 1.29 is 4.74 Å². The molecule has 28 heavy (non-hydrogen) atoms. The van der Waals surface area contributed by atoms with Gasteiger partial charge in [-0.2, -0.15) is 0 Å². The fourth-order valence-electron chi connectivity index (χ4n) is 3.25. The van der Waals surface area contributed by atoms with E-state index in [0.717, 1.165) is 41.4 Å². The summed E-state index contributed by atoms with van der Waals surface area (Å²) in [6.07, 6.45) is 7.68. The number of hydrogen-bond donors (Lipinski definition) is 0. The van der Waals surface area contributed by atoms with Gasteiger partial charge in [0, 0.05) is 6.54 Å². The first-order valence-electron chi connectivity index (χ1n) is 10.3. The van der Waals surface area contributed by atoms with E-state index in [9.17, 15) is 0 Å². The van der Waals surface area contributed by atoms with E-state index in [2.05, 4.69) is 66.2 Å². The standard InChI is InChI=1S/C24H30N2OS/c1-3-16-26(17-4-2)18-7-19-27-21-13-10-20(11-14-21)12-15-24-25-22-8-5-6-9-23(22)28-24/h5-6,8-15H,3-4,7,16-19H2,1-2H3. The van der Waals surface area contributed by atoms with Gasteiger partial charge in [0.15, 0.2) is 0 Å². The minimum atomic E-state index is 0.769. The number of ether oxygens (including phenoxy) is 1. The third-order valence-electron chi connectivity index (χ3n) is 4.58. The number of nitrogens with zero attached hydrogens (tertiary/aromatic N) is 2. The second-order valence-corrected chi connectivity index (χ2v) is 8.03. The van der Waals surface area contributed by atoms with Gasteiger partial charge in [-0.15, -0.1) is 11.3 Å². The van der Waals surface area contributed by atoms with Crippen LogP contribution in [0.3, 0.4) is 0 Å². The molecule has 3 aromatic rings. The first-order valence-corrected chi connectivity index (χ1v) is 11.1. The number of rotatable bonds is 11. The summed E-state index contributed by atoms with van der Waals surface area (Å²) in [6.45, 7) is 8.74. The summed E-state index contributed by atoms with van der Waals surface area (Å²) in [6, 6.07) is 16.5. The third kappa shape index (κ3) is 6.18. The fraction of sp³-hybridized carbons (Fsp3) is 0.375. The maximum Gasteiger partial charge on any atom is 0.119 e. The highest BCUT2D eigenvalue weighted by atomic mass is 32.1. The van der Waals surface area contributed by atoms with Gasteiger partial charge in [0.25, 0.3) is 0 Å². The zero-order valence-corrected chi connectivity index (χ0v) is 17.8. The van der Waals surface area contributed by atoms with Gasteiger partial charge in [-0.1, -0.05) is 44.2 Å². The molecule has 0 spiro atoms. The van der Waals surface area contributed by atoms with Crippen LogP contribution in [0.15, 0.2) is 48.5 Å². The topological polar surface area (TPSA) is 25.4 Å². The lowest BCUT2D eigenvalue weighted by Gasteiger charge is -2.20. The van der Waals surface area contributed by atoms with Crippen LogP contribution >= 0.6 is 11.3 Å². The maximum absolute atomic E-state index is 5.91. The molecule has 0 aliphatic rings. The molecular formula is C24H30N2OS. The van der Waals surface area contributed by atoms with Crippen molar-refractivity contribution in [2.45, 2.75) is 33.1 Å². The van der Waals surface area contributed by atoms with Crippen molar-refractivity contribution in [3.8, 4) is 5.75 Å². The Labute approximate surface area is 172 Å². The van der Waals surface area contributed by atoms with Gasteiger partial charge in [-0.05, 0) is 68.3 Å². The fourth-order valence-corrected chi connectivity index (χ4v) is 4.12. The number of thiazole rings is 1. The maximum atomic E-state index is 5.91. The number of benzene rings is 2. The van der Waals surface area contributed by atoms with Gasteiger partial charge < -0.3 is 9.64 Å². The van der Waals surface area contributed by atoms with Crippen molar-refractivity contribution >= 4 is 33.7 Å². The molecule has 0 bridgehead atoms. The predicted octanol–water partition coefficient (Wildman–Crippen LogP) is 6.36. The summed E-state index contributed by atoms with van der Waals surface area (Å²) in [7, 11) is 0. The Morgan fingerprint density at radius 3 is 2.39 bits per heavy atom. The van der Waals surface area contributed by atoms with Gasteiger partial charge in [-0.3, -0.25) is 0 Å². The molecular weight excluding hydrogens is 364 g/mol. The summed E-state index contributed by atoms with van der Waals surface area (Å²) >= 11 is 1.72. The molecule has 0 aliphatic carbocycles. The molecule has 0 radical (unpaired) electrons. The highest BCUT2D eigenvalue weighted by Crippen LogP contribution is 2.23. The second-order valence-electron chi connectivity index (χ2n) is 6.97. The molecule has 148 valence electrons. The van der Waals surface area contributed by atoms with Crippen LogP contribution in [0.4, 0.5) is 0 Å². The molecule has 4 heteroatoms. The summed E-state index contributed by atoms with van der Waals surface area (Å²) in [5.41, 5.74) is 2.22. The van der Waals surface area contributed by atoms with Gasteiger partial charge in [-0.25, -0.2) is 4.98 Å². The highest BCUT2D eigenvalue weighted by Gasteiger charge is 2.03. The largest absolute Gasteiger partial charge is 0.494 e. The molecule has 0 aliphatic heterocycles. The lowest BCUT2D eigenvalue weighted by atomic mass is 10.2. The summed E-state index contributed by atoms with van der Waals surface area (Å²) < 4.78 is 7.13. The van der Waals surface area contributed by atoms with Crippen molar-refractivity contribution in [1.82, 2.24) is 9.88 Å². The molecule has 0 unspecified atom stereocenters. The van der Waals surface area contributed by atoms with E-state index < -0.39 is 0 Å². The zero-order chi connectivity index (χ0) is 19.6. The molecule has 0 amide bonds. The normalized spacial score (nSPS) is 11.7. The lowest BCUT2D eigenvalue weighted by molar-refractivity contribution is 0.234.